The van der Waals surface area contributed by atoms with E-state index in [4.69, 9.17) is 14.5 Å². The molecule has 0 spiro atoms. The standard InChI is InChI=1S/C22H29N5O2.C2H6/c1-16-20(17-5-6-18(23-15-17)7-9-22(2,3)28-4)27-21(25-16)19(8-10-24-27)26-11-13-29-14-12-26;1-2/h5-6,8,10,15H,7,9,11-14H2,1-4H3;1-2H3. The van der Waals surface area contributed by atoms with Crippen LogP contribution in [-0.2, 0) is 15.9 Å². The zero-order valence-electron chi connectivity index (χ0n) is 19.7. The van der Waals surface area contributed by atoms with Gasteiger partial charge in [-0.1, -0.05) is 13.8 Å². The van der Waals surface area contributed by atoms with E-state index in [2.05, 4.69) is 41.0 Å². The van der Waals surface area contributed by atoms with Crippen molar-refractivity contribution in [3.8, 4) is 11.3 Å². The van der Waals surface area contributed by atoms with E-state index in [-0.39, 0.29) is 5.60 Å². The normalized spacial score (nSPS) is 14.5. The van der Waals surface area contributed by atoms with Gasteiger partial charge in [0.15, 0.2) is 5.65 Å². The van der Waals surface area contributed by atoms with Crippen LogP contribution in [0.15, 0.2) is 30.6 Å². The van der Waals surface area contributed by atoms with Gasteiger partial charge in [-0.2, -0.15) is 5.10 Å². The van der Waals surface area contributed by atoms with Crippen LogP contribution < -0.4 is 4.90 Å². The topological polar surface area (TPSA) is 64.8 Å². The Balaban J connectivity index is 0.00000132. The molecule has 4 heterocycles. The number of methoxy groups -OCH3 is 1. The molecule has 0 amide bonds. The van der Waals surface area contributed by atoms with E-state index in [1.807, 2.05) is 43.7 Å². The Morgan fingerprint density at radius 1 is 1.13 bits per heavy atom. The van der Waals surface area contributed by atoms with Crippen molar-refractivity contribution in [3.63, 3.8) is 0 Å². The number of fused-ring (bicyclic) bond motifs is 1. The molecule has 0 bridgehead atoms. The average molecular weight is 426 g/mol. The number of ether oxygens (including phenoxy) is 2. The number of nitrogens with zero attached hydrogens (tertiary/aromatic N) is 5. The van der Waals surface area contributed by atoms with Gasteiger partial charge in [0.25, 0.3) is 0 Å². The van der Waals surface area contributed by atoms with Crippen molar-refractivity contribution in [1.82, 2.24) is 19.6 Å². The van der Waals surface area contributed by atoms with E-state index >= 15 is 0 Å². The van der Waals surface area contributed by atoms with Gasteiger partial charge >= 0.3 is 0 Å². The Kier molecular flexibility index (Phi) is 7.62. The monoisotopic (exact) mass is 425 g/mol. The highest BCUT2D eigenvalue weighted by molar-refractivity contribution is 5.75. The maximum atomic E-state index is 5.51. The van der Waals surface area contributed by atoms with E-state index in [0.717, 1.165) is 73.1 Å². The molecule has 3 aromatic rings. The molecular formula is C24H35N5O2. The fourth-order valence-corrected chi connectivity index (χ4v) is 3.67. The molecule has 0 unspecified atom stereocenters. The summed E-state index contributed by atoms with van der Waals surface area (Å²) in [7, 11) is 1.75. The number of aryl methyl sites for hydroxylation is 2. The molecule has 7 nitrogen and oxygen atoms in total. The highest BCUT2D eigenvalue weighted by Crippen LogP contribution is 2.29. The van der Waals surface area contributed by atoms with Crippen LogP contribution in [0.4, 0.5) is 5.69 Å². The van der Waals surface area contributed by atoms with Crippen molar-refractivity contribution in [2.45, 2.75) is 53.1 Å². The number of imidazole rings is 1. The van der Waals surface area contributed by atoms with Crippen LogP contribution >= 0.6 is 0 Å². The largest absolute Gasteiger partial charge is 0.379 e. The maximum absolute atomic E-state index is 5.51. The van der Waals surface area contributed by atoms with Crippen LogP contribution in [0.2, 0.25) is 0 Å². The molecule has 0 N–H and O–H groups in total. The van der Waals surface area contributed by atoms with Crippen molar-refractivity contribution in [1.29, 1.82) is 0 Å². The minimum absolute atomic E-state index is 0.140. The van der Waals surface area contributed by atoms with Crippen LogP contribution in [0.5, 0.6) is 0 Å². The van der Waals surface area contributed by atoms with Gasteiger partial charge in [0.05, 0.1) is 42.1 Å². The lowest BCUT2D eigenvalue weighted by Crippen LogP contribution is -2.36. The minimum atomic E-state index is -0.140. The predicted octanol–water partition coefficient (Wildman–Crippen LogP) is 4.32. The number of aromatic nitrogens is 4. The first-order valence-electron chi connectivity index (χ1n) is 11.2. The van der Waals surface area contributed by atoms with Crippen molar-refractivity contribution < 1.29 is 9.47 Å². The SMILES string of the molecule is CC.COC(C)(C)CCc1ccc(-c2c(C)nc3c(N4CCOCC4)ccnn23)cn1. The van der Waals surface area contributed by atoms with E-state index in [9.17, 15) is 0 Å². The van der Waals surface area contributed by atoms with E-state index in [1.165, 1.54) is 0 Å². The van der Waals surface area contributed by atoms with Crippen LogP contribution in [0, 0.1) is 6.92 Å². The van der Waals surface area contributed by atoms with Gasteiger partial charge in [-0.05, 0) is 51.8 Å². The summed E-state index contributed by atoms with van der Waals surface area (Å²) in [5.74, 6) is 0. The molecule has 7 heteroatoms. The molecule has 0 aromatic carbocycles. The quantitative estimate of drug-likeness (QED) is 0.586. The van der Waals surface area contributed by atoms with Gasteiger partial charge in [-0.15, -0.1) is 0 Å². The summed E-state index contributed by atoms with van der Waals surface area (Å²) in [6, 6.07) is 6.24. The van der Waals surface area contributed by atoms with Crippen LogP contribution in [-0.4, -0.2) is 58.6 Å². The van der Waals surface area contributed by atoms with Gasteiger partial charge in [0, 0.05) is 37.7 Å². The van der Waals surface area contributed by atoms with E-state index in [1.54, 1.807) is 7.11 Å². The van der Waals surface area contributed by atoms with Crippen LogP contribution in [0.1, 0.15) is 45.5 Å². The Hall–Kier alpha value is -2.51. The number of hydrogen-bond acceptors (Lipinski definition) is 6. The number of morpholine rings is 1. The van der Waals surface area contributed by atoms with Crippen molar-refractivity contribution in [2.24, 2.45) is 0 Å². The molecular weight excluding hydrogens is 390 g/mol. The molecule has 0 aliphatic carbocycles. The lowest BCUT2D eigenvalue weighted by molar-refractivity contribution is 0.0156. The van der Waals surface area contributed by atoms with Gasteiger partial charge in [-0.3, -0.25) is 4.98 Å². The molecule has 31 heavy (non-hydrogen) atoms. The molecule has 3 aromatic heterocycles. The number of anilines is 1. The number of hydrogen-bond donors (Lipinski definition) is 0. The third-order valence-electron chi connectivity index (χ3n) is 5.66. The van der Waals surface area contributed by atoms with Crippen molar-refractivity contribution >= 4 is 11.3 Å². The van der Waals surface area contributed by atoms with Crippen molar-refractivity contribution in [3.05, 3.63) is 42.0 Å². The van der Waals surface area contributed by atoms with Crippen LogP contribution in [0.3, 0.4) is 0 Å². The summed E-state index contributed by atoms with van der Waals surface area (Å²) in [5.41, 5.74) is 5.87. The fourth-order valence-electron chi connectivity index (χ4n) is 3.67. The van der Waals surface area contributed by atoms with E-state index < -0.39 is 0 Å². The molecule has 168 valence electrons. The molecule has 0 atom stereocenters. The molecule has 1 saturated heterocycles. The highest BCUT2D eigenvalue weighted by Gasteiger charge is 2.20. The number of pyridine rings is 1. The molecule has 4 rings (SSSR count). The lowest BCUT2D eigenvalue weighted by atomic mass is 10.0. The first-order chi connectivity index (χ1) is 15.0. The third kappa shape index (κ3) is 5.22. The van der Waals surface area contributed by atoms with Crippen LogP contribution in [0.25, 0.3) is 16.9 Å². The summed E-state index contributed by atoms with van der Waals surface area (Å²) in [6.07, 6.45) is 5.58. The summed E-state index contributed by atoms with van der Waals surface area (Å²) < 4.78 is 12.9. The Labute approximate surface area is 185 Å². The molecule has 1 aliphatic rings. The highest BCUT2D eigenvalue weighted by atomic mass is 16.5. The predicted molar refractivity (Wildman–Crippen MR) is 125 cm³/mol. The summed E-state index contributed by atoms with van der Waals surface area (Å²) in [4.78, 5) is 11.8. The Morgan fingerprint density at radius 3 is 2.52 bits per heavy atom. The Morgan fingerprint density at radius 2 is 1.87 bits per heavy atom. The fraction of sp³-hybridized carbons (Fsp3) is 0.542. The zero-order valence-corrected chi connectivity index (χ0v) is 19.7. The zero-order chi connectivity index (χ0) is 22.4. The summed E-state index contributed by atoms with van der Waals surface area (Å²) >= 11 is 0. The van der Waals surface area contributed by atoms with E-state index in [0.29, 0.717) is 0 Å². The first-order valence-corrected chi connectivity index (χ1v) is 11.2. The second kappa shape index (κ2) is 10.2. The molecule has 0 radical (unpaired) electrons. The first kappa shape index (κ1) is 23.2. The molecule has 1 aliphatic heterocycles. The minimum Gasteiger partial charge on any atom is -0.379 e. The second-order valence-electron chi connectivity index (χ2n) is 8.10. The lowest BCUT2D eigenvalue weighted by Gasteiger charge is -2.28. The summed E-state index contributed by atoms with van der Waals surface area (Å²) in [6.45, 7) is 13.5. The Bertz CT molecular complexity index is 976. The third-order valence-corrected chi connectivity index (χ3v) is 5.66. The maximum Gasteiger partial charge on any atom is 0.178 e. The molecule has 1 fully saturated rings. The number of rotatable bonds is 6. The van der Waals surface area contributed by atoms with Gasteiger partial charge in [0.1, 0.15) is 0 Å². The second-order valence-corrected chi connectivity index (χ2v) is 8.10. The van der Waals surface area contributed by atoms with Gasteiger partial charge in [0.2, 0.25) is 0 Å². The van der Waals surface area contributed by atoms with Gasteiger partial charge in [-0.25, -0.2) is 9.50 Å². The summed E-state index contributed by atoms with van der Waals surface area (Å²) in [5, 5.41) is 4.59. The molecule has 0 saturated carbocycles. The smallest absolute Gasteiger partial charge is 0.178 e. The average Bonchev–Trinajstić information content (AvgIpc) is 3.16. The van der Waals surface area contributed by atoms with Gasteiger partial charge < -0.3 is 14.4 Å². The van der Waals surface area contributed by atoms with Crippen molar-refractivity contribution in [2.75, 3.05) is 38.3 Å².